The lowest BCUT2D eigenvalue weighted by Gasteiger charge is -2.15. The van der Waals surface area contributed by atoms with Gasteiger partial charge in [0.15, 0.2) is 0 Å². The fourth-order valence-corrected chi connectivity index (χ4v) is 3.32. The highest BCUT2D eigenvalue weighted by atomic mass is 32.2. The summed E-state index contributed by atoms with van der Waals surface area (Å²) in [5.74, 6) is 0.619. The Labute approximate surface area is 138 Å². The van der Waals surface area contributed by atoms with Crippen LogP contribution in [0.5, 0.6) is 5.75 Å². The molecule has 0 aliphatic rings. The average Bonchev–Trinajstić information content (AvgIpc) is 2.55. The Hall–Kier alpha value is -1.85. The molecular weight excluding hydrogens is 310 g/mol. The van der Waals surface area contributed by atoms with E-state index in [-0.39, 0.29) is 18.4 Å². The van der Waals surface area contributed by atoms with Crippen molar-refractivity contribution in [3.8, 4) is 5.75 Å². The maximum atomic E-state index is 12.1. The second kappa shape index (κ2) is 8.13. The predicted octanol–water partition coefficient (Wildman–Crippen LogP) is 3.31. The summed E-state index contributed by atoms with van der Waals surface area (Å²) < 4.78 is 32.4. The summed E-state index contributed by atoms with van der Waals surface area (Å²) in [6, 6.07) is 16.9. The van der Waals surface area contributed by atoms with Gasteiger partial charge in [-0.2, -0.15) is 0 Å². The molecule has 0 heterocycles. The first kappa shape index (κ1) is 17.5. The van der Waals surface area contributed by atoms with Gasteiger partial charge >= 0.3 is 0 Å². The van der Waals surface area contributed by atoms with Crippen LogP contribution < -0.4 is 9.46 Å². The van der Waals surface area contributed by atoms with E-state index < -0.39 is 10.0 Å². The zero-order chi connectivity index (χ0) is 16.7. The van der Waals surface area contributed by atoms with Gasteiger partial charge in [-0.25, -0.2) is 13.1 Å². The number of sulfonamides is 1. The first-order chi connectivity index (χ1) is 11.0. The molecule has 2 aromatic rings. The number of ether oxygens (including phenoxy) is 1. The summed E-state index contributed by atoms with van der Waals surface area (Å²) in [6.07, 6.45) is 0.968. The third kappa shape index (κ3) is 5.69. The molecule has 1 atom stereocenters. The number of rotatable bonds is 8. The Kier molecular flexibility index (Phi) is 6.19. The molecule has 0 aliphatic carbocycles. The van der Waals surface area contributed by atoms with E-state index in [1.54, 1.807) is 0 Å². The number of nitrogens with one attached hydrogen (secondary N) is 1. The Bertz CT molecular complexity index is 697. The molecule has 2 aromatic carbocycles. The Morgan fingerprint density at radius 3 is 2.30 bits per heavy atom. The fraction of sp³-hybridized carbons (Fsp3) is 0.333. The van der Waals surface area contributed by atoms with Crippen LogP contribution in [0.3, 0.4) is 0 Å². The highest BCUT2D eigenvalue weighted by molar-refractivity contribution is 7.89. The van der Waals surface area contributed by atoms with Crippen molar-refractivity contribution >= 4 is 10.0 Å². The largest absolute Gasteiger partial charge is 0.492 e. The van der Waals surface area contributed by atoms with Crippen LogP contribution in [0.4, 0.5) is 0 Å². The molecule has 124 valence electrons. The Balaban J connectivity index is 1.83. The zero-order valence-electron chi connectivity index (χ0n) is 13.5. The molecule has 0 bridgehead atoms. The molecule has 0 aromatic heterocycles. The van der Waals surface area contributed by atoms with Gasteiger partial charge in [0.25, 0.3) is 0 Å². The second-order valence-electron chi connectivity index (χ2n) is 5.42. The van der Waals surface area contributed by atoms with E-state index in [1.165, 1.54) is 5.56 Å². The second-order valence-corrected chi connectivity index (χ2v) is 7.29. The first-order valence-electron chi connectivity index (χ1n) is 7.77. The van der Waals surface area contributed by atoms with Crippen LogP contribution >= 0.6 is 0 Å². The molecule has 0 saturated heterocycles. The summed E-state index contributed by atoms with van der Waals surface area (Å²) in [6.45, 7) is 4.04. The third-order valence-corrected chi connectivity index (χ3v) is 5.03. The van der Waals surface area contributed by atoms with Crippen LogP contribution in [0.25, 0.3) is 0 Å². The van der Waals surface area contributed by atoms with Gasteiger partial charge in [0, 0.05) is 6.04 Å². The number of aryl methyl sites for hydroxylation is 1. The summed E-state index contributed by atoms with van der Waals surface area (Å²) >= 11 is 0. The van der Waals surface area contributed by atoms with Crippen molar-refractivity contribution in [2.45, 2.75) is 26.3 Å². The number of hydrogen-bond donors (Lipinski definition) is 1. The van der Waals surface area contributed by atoms with Gasteiger partial charge in [0.05, 0.1) is 5.75 Å². The van der Waals surface area contributed by atoms with Crippen LogP contribution in [-0.2, 0) is 16.4 Å². The Morgan fingerprint density at radius 1 is 1.04 bits per heavy atom. The van der Waals surface area contributed by atoms with E-state index in [4.69, 9.17) is 4.74 Å². The first-order valence-corrected chi connectivity index (χ1v) is 9.42. The SMILES string of the molecule is CCc1ccc(OCCS(=O)(=O)NC(C)c2ccccc2)cc1. The van der Waals surface area contributed by atoms with Crippen molar-refractivity contribution in [2.75, 3.05) is 12.4 Å². The normalized spacial score (nSPS) is 12.8. The quantitative estimate of drug-likeness (QED) is 0.806. The van der Waals surface area contributed by atoms with Gasteiger partial charge in [-0.05, 0) is 36.6 Å². The van der Waals surface area contributed by atoms with Crippen LogP contribution in [-0.4, -0.2) is 20.8 Å². The standard InChI is InChI=1S/C18H23NO3S/c1-3-16-9-11-18(12-10-16)22-13-14-23(20,21)19-15(2)17-7-5-4-6-8-17/h4-12,15,19H,3,13-14H2,1-2H3. The molecule has 5 heteroatoms. The summed E-state index contributed by atoms with van der Waals surface area (Å²) in [5.41, 5.74) is 2.16. The lowest BCUT2D eigenvalue weighted by atomic mass is 10.1. The molecule has 1 N–H and O–H groups in total. The van der Waals surface area contributed by atoms with Crippen molar-refractivity contribution in [1.82, 2.24) is 4.72 Å². The smallest absolute Gasteiger partial charge is 0.215 e. The van der Waals surface area contributed by atoms with E-state index in [1.807, 2.05) is 61.5 Å². The molecule has 4 nitrogen and oxygen atoms in total. The minimum absolute atomic E-state index is 0.0697. The zero-order valence-corrected chi connectivity index (χ0v) is 14.3. The van der Waals surface area contributed by atoms with Crippen molar-refractivity contribution in [3.05, 3.63) is 65.7 Å². The molecule has 0 aliphatic heterocycles. The van der Waals surface area contributed by atoms with Crippen LogP contribution in [0.15, 0.2) is 54.6 Å². The highest BCUT2D eigenvalue weighted by Gasteiger charge is 2.15. The molecule has 23 heavy (non-hydrogen) atoms. The van der Waals surface area contributed by atoms with Gasteiger partial charge in [-0.1, -0.05) is 49.4 Å². The highest BCUT2D eigenvalue weighted by Crippen LogP contribution is 2.14. The minimum Gasteiger partial charge on any atom is -0.492 e. The van der Waals surface area contributed by atoms with Crippen molar-refractivity contribution in [2.24, 2.45) is 0 Å². The molecule has 0 saturated carbocycles. The van der Waals surface area contributed by atoms with Crippen LogP contribution in [0, 0.1) is 0 Å². The van der Waals surface area contributed by atoms with Gasteiger partial charge in [0.1, 0.15) is 12.4 Å². The minimum atomic E-state index is -3.39. The van der Waals surface area contributed by atoms with E-state index in [9.17, 15) is 8.42 Å². The van der Waals surface area contributed by atoms with Crippen LogP contribution in [0.1, 0.15) is 31.0 Å². The van der Waals surface area contributed by atoms with Crippen molar-refractivity contribution < 1.29 is 13.2 Å². The monoisotopic (exact) mass is 333 g/mol. The van der Waals surface area contributed by atoms with Gasteiger partial charge in [-0.3, -0.25) is 0 Å². The lowest BCUT2D eigenvalue weighted by Crippen LogP contribution is -2.31. The molecular formula is C18H23NO3S. The Morgan fingerprint density at radius 2 is 1.70 bits per heavy atom. The number of hydrogen-bond acceptors (Lipinski definition) is 3. The van der Waals surface area contributed by atoms with E-state index in [0.29, 0.717) is 5.75 Å². The lowest BCUT2D eigenvalue weighted by molar-refractivity contribution is 0.340. The molecule has 0 spiro atoms. The van der Waals surface area contributed by atoms with Gasteiger partial charge < -0.3 is 4.74 Å². The van der Waals surface area contributed by atoms with Crippen molar-refractivity contribution in [3.63, 3.8) is 0 Å². The summed E-state index contributed by atoms with van der Waals surface area (Å²) in [4.78, 5) is 0. The maximum absolute atomic E-state index is 12.1. The fourth-order valence-electron chi connectivity index (χ4n) is 2.23. The van der Waals surface area contributed by atoms with Gasteiger partial charge in [-0.15, -0.1) is 0 Å². The average molecular weight is 333 g/mol. The van der Waals surface area contributed by atoms with E-state index in [0.717, 1.165) is 12.0 Å². The topological polar surface area (TPSA) is 55.4 Å². The van der Waals surface area contributed by atoms with E-state index in [2.05, 4.69) is 11.6 Å². The molecule has 0 fully saturated rings. The van der Waals surface area contributed by atoms with E-state index >= 15 is 0 Å². The third-order valence-electron chi connectivity index (χ3n) is 3.61. The molecule has 0 amide bonds. The predicted molar refractivity (Wildman–Crippen MR) is 93.1 cm³/mol. The molecule has 1 unspecified atom stereocenters. The van der Waals surface area contributed by atoms with Crippen molar-refractivity contribution in [1.29, 1.82) is 0 Å². The molecule has 0 radical (unpaired) electrons. The number of benzene rings is 2. The maximum Gasteiger partial charge on any atom is 0.215 e. The summed E-state index contributed by atoms with van der Waals surface area (Å²) in [7, 11) is -3.39. The summed E-state index contributed by atoms with van der Waals surface area (Å²) in [5, 5.41) is 0. The van der Waals surface area contributed by atoms with Crippen LogP contribution in [0.2, 0.25) is 0 Å². The molecule has 2 rings (SSSR count). The van der Waals surface area contributed by atoms with Gasteiger partial charge in [0.2, 0.25) is 10.0 Å².